The number of benzene rings is 2. The maximum atomic E-state index is 11.9. The van der Waals surface area contributed by atoms with Gasteiger partial charge in [-0.25, -0.2) is 9.78 Å². The molecule has 0 amide bonds. The Balaban J connectivity index is 1.70. The number of nitrogens with zero attached hydrogens (tertiary/aromatic N) is 3. The summed E-state index contributed by atoms with van der Waals surface area (Å²) in [5.41, 5.74) is 5.48. The summed E-state index contributed by atoms with van der Waals surface area (Å²) in [6, 6.07) is 9.92. The summed E-state index contributed by atoms with van der Waals surface area (Å²) in [4.78, 5) is 18.9. The van der Waals surface area contributed by atoms with Crippen LogP contribution in [0.5, 0.6) is 0 Å². The number of rotatable bonds is 5. The highest BCUT2D eigenvalue weighted by Gasteiger charge is 2.19. The molecular weight excluding hydrogens is 446 g/mol. The zero-order valence-corrected chi connectivity index (χ0v) is 19.1. The molecule has 30 heavy (non-hydrogen) atoms. The minimum absolute atomic E-state index is 0.325. The topological polar surface area (TPSA) is 56.6 Å². The van der Waals surface area contributed by atoms with E-state index in [1.165, 1.54) is 7.11 Å². The van der Waals surface area contributed by atoms with E-state index in [4.69, 9.17) is 14.5 Å². The lowest BCUT2D eigenvalue weighted by molar-refractivity contribution is 0.0600. The zero-order chi connectivity index (χ0) is 21.3. The highest BCUT2D eigenvalue weighted by atomic mass is 79.9. The number of esters is 1. The number of anilines is 1. The Labute approximate surface area is 184 Å². The van der Waals surface area contributed by atoms with Gasteiger partial charge in [0.25, 0.3) is 0 Å². The summed E-state index contributed by atoms with van der Waals surface area (Å²) >= 11 is 3.67. The Morgan fingerprint density at radius 1 is 1.30 bits per heavy atom. The molecule has 1 aromatic heterocycles. The largest absolute Gasteiger partial charge is 0.465 e. The summed E-state index contributed by atoms with van der Waals surface area (Å²) in [6.45, 7) is 4.59. The average molecular weight is 472 g/mol. The van der Waals surface area contributed by atoms with Gasteiger partial charge in [0, 0.05) is 37.0 Å². The highest BCUT2D eigenvalue weighted by molar-refractivity contribution is 9.10. The summed E-state index contributed by atoms with van der Waals surface area (Å²) in [6.07, 6.45) is 4.04. The normalized spacial score (nSPS) is 14.8. The van der Waals surface area contributed by atoms with E-state index in [1.807, 2.05) is 25.4 Å². The molecule has 4 rings (SSSR count). The summed E-state index contributed by atoms with van der Waals surface area (Å²) in [5, 5.41) is 0. The molecule has 3 aromatic rings. The van der Waals surface area contributed by atoms with Gasteiger partial charge in [-0.2, -0.15) is 0 Å². The van der Waals surface area contributed by atoms with Gasteiger partial charge in [0.1, 0.15) is 11.8 Å². The number of methoxy groups -OCH3 is 1. The third-order valence-corrected chi connectivity index (χ3v) is 6.23. The van der Waals surface area contributed by atoms with Gasteiger partial charge in [-0.1, -0.05) is 15.9 Å². The van der Waals surface area contributed by atoms with Crippen molar-refractivity contribution in [2.24, 2.45) is 5.92 Å². The van der Waals surface area contributed by atoms with Crippen LogP contribution in [-0.2, 0) is 9.47 Å². The van der Waals surface area contributed by atoms with Gasteiger partial charge < -0.3 is 14.4 Å². The number of hydrogen-bond acceptors (Lipinski definition) is 5. The monoisotopic (exact) mass is 471 g/mol. The van der Waals surface area contributed by atoms with Crippen LogP contribution >= 0.6 is 15.9 Å². The van der Waals surface area contributed by atoms with E-state index in [0.717, 1.165) is 65.0 Å². The number of hydrogen-bond donors (Lipinski definition) is 0. The fourth-order valence-corrected chi connectivity index (χ4v) is 4.55. The molecular formula is C23H26BrN3O3. The van der Waals surface area contributed by atoms with Crippen LogP contribution in [0.1, 0.15) is 28.8 Å². The molecule has 0 saturated carbocycles. The van der Waals surface area contributed by atoms with Gasteiger partial charge in [-0.15, -0.1) is 0 Å². The van der Waals surface area contributed by atoms with Crippen molar-refractivity contribution in [1.82, 2.24) is 9.55 Å². The molecule has 0 radical (unpaired) electrons. The molecule has 7 heteroatoms. The molecule has 1 aliphatic rings. The molecule has 1 saturated heterocycles. The number of halogens is 1. The molecule has 0 unspecified atom stereocenters. The van der Waals surface area contributed by atoms with Crippen molar-refractivity contribution in [2.45, 2.75) is 19.8 Å². The van der Waals surface area contributed by atoms with E-state index in [9.17, 15) is 4.79 Å². The van der Waals surface area contributed by atoms with E-state index in [2.05, 4.69) is 44.6 Å². The van der Waals surface area contributed by atoms with Gasteiger partial charge in [0.2, 0.25) is 0 Å². The van der Waals surface area contributed by atoms with E-state index in [1.54, 1.807) is 6.07 Å². The van der Waals surface area contributed by atoms with Crippen molar-refractivity contribution >= 4 is 38.6 Å². The second-order valence-corrected chi connectivity index (χ2v) is 8.75. The molecule has 0 N–H and O–H groups in total. The molecule has 2 heterocycles. The SMILES string of the molecule is COC(=O)c1ccc(-n2cnc3c(N(C)CC4CCOCC4)cc(Br)cc32)cc1C. The van der Waals surface area contributed by atoms with Gasteiger partial charge in [0.05, 0.1) is 23.9 Å². The first-order valence-corrected chi connectivity index (χ1v) is 10.9. The van der Waals surface area contributed by atoms with E-state index < -0.39 is 0 Å². The molecule has 0 atom stereocenters. The second-order valence-electron chi connectivity index (χ2n) is 7.83. The number of imidazole rings is 1. The van der Waals surface area contributed by atoms with Crippen molar-refractivity contribution in [2.75, 3.05) is 38.8 Å². The highest BCUT2D eigenvalue weighted by Crippen LogP contribution is 2.32. The molecule has 0 spiro atoms. The van der Waals surface area contributed by atoms with E-state index in [0.29, 0.717) is 11.5 Å². The van der Waals surface area contributed by atoms with Crippen molar-refractivity contribution < 1.29 is 14.3 Å². The van der Waals surface area contributed by atoms with Crippen LogP contribution in [0, 0.1) is 12.8 Å². The maximum Gasteiger partial charge on any atom is 0.338 e. The maximum absolute atomic E-state index is 11.9. The number of aromatic nitrogens is 2. The lowest BCUT2D eigenvalue weighted by atomic mass is 9.99. The average Bonchev–Trinajstić information content (AvgIpc) is 3.16. The van der Waals surface area contributed by atoms with Crippen LogP contribution in [-0.4, -0.2) is 49.4 Å². The fourth-order valence-electron chi connectivity index (χ4n) is 4.11. The van der Waals surface area contributed by atoms with E-state index >= 15 is 0 Å². The van der Waals surface area contributed by atoms with Crippen molar-refractivity contribution in [3.8, 4) is 5.69 Å². The summed E-state index contributed by atoms with van der Waals surface area (Å²) in [7, 11) is 3.53. The van der Waals surface area contributed by atoms with Crippen LogP contribution in [0.3, 0.4) is 0 Å². The third kappa shape index (κ3) is 4.09. The predicted molar refractivity (Wildman–Crippen MR) is 122 cm³/mol. The van der Waals surface area contributed by atoms with Gasteiger partial charge in [-0.05, 0) is 61.6 Å². The minimum Gasteiger partial charge on any atom is -0.465 e. The molecule has 2 aromatic carbocycles. The fraction of sp³-hybridized carbons (Fsp3) is 0.391. The van der Waals surface area contributed by atoms with Crippen molar-refractivity contribution in [1.29, 1.82) is 0 Å². The number of fused-ring (bicyclic) bond motifs is 1. The summed E-state index contributed by atoms with van der Waals surface area (Å²) < 4.78 is 13.4. The first kappa shape index (κ1) is 20.9. The van der Waals surface area contributed by atoms with Gasteiger partial charge >= 0.3 is 5.97 Å². The molecule has 1 fully saturated rings. The van der Waals surface area contributed by atoms with E-state index in [-0.39, 0.29) is 5.97 Å². The van der Waals surface area contributed by atoms with Crippen LogP contribution < -0.4 is 4.90 Å². The molecule has 1 aliphatic heterocycles. The smallest absolute Gasteiger partial charge is 0.338 e. The predicted octanol–water partition coefficient (Wildman–Crippen LogP) is 4.75. The standard InChI is InChI=1S/C23H26BrN3O3/c1-15-10-18(4-5-19(15)23(28)29-3)27-14-25-22-20(11-17(24)12-21(22)27)26(2)13-16-6-8-30-9-7-16/h4-5,10-12,14,16H,6-9,13H2,1-3H3. The first-order valence-electron chi connectivity index (χ1n) is 10.1. The number of carbonyl (C=O) groups excluding carboxylic acids is 1. The quantitative estimate of drug-likeness (QED) is 0.502. The Bertz CT molecular complexity index is 1070. The molecule has 0 bridgehead atoms. The van der Waals surface area contributed by atoms with Crippen molar-refractivity contribution in [3.05, 3.63) is 52.3 Å². The van der Waals surface area contributed by atoms with Crippen LogP contribution in [0.4, 0.5) is 5.69 Å². The molecule has 6 nitrogen and oxygen atoms in total. The number of ether oxygens (including phenoxy) is 2. The second kappa shape index (κ2) is 8.78. The van der Waals surface area contributed by atoms with Crippen LogP contribution in [0.2, 0.25) is 0 Å². The Morgan fingerprint density at radius 3 is 2.77 bits per heavy atom. The Hall–Kier alpha value is -2.38. The van der Waals surface area contributed by atoms with Crippen LogP contribution in [0.25, 0.3) is 16.7 Å². The lowest BCUT2D eigenvalue weighted by Crippen LogP contribution is -2.29. The summed E-state index contributed by atoms with van der Waals surface area (Å²) in [5.74, 6) is 0.308. The third-order valence-electron chi connectivity index (χ3n) is 5.77. The molecule has 158 valence electrons. The van der Waals surface area contributed by atoms with Gasteiger partial charge in [0.15, 0.2) is 0 Å². The van der Waals surface area contributed by atoms with Gasteiger partial charge in [-0.3, -0.25) is 4.57 Å². The van der Waals surface area contributed by atoms with Crippen molar-refractivity contribution in [3.63, 3.8) is 0 Å². The first-order chi connectivity index (χ1) is 14.5. The van der Waals surface area contributed by atoms with Crippen LogP contribution in [0.15, 0.2) is 41.1 Å². The minimum atomic E-state index is -0.325. The number of aryl methyl sites for hydroxylation is 1. The Morgan fingerprint density at radius 2 is 2.07 bits per heavy atom. The number of carbonyl (C=O) groups is 1. The molecule has 0 aliphatic carbocycles. The lowest BCUT2D eigenvalue weighted by Gasteiger charge is -2.28. The Kier molecular flexibility index (Phi) is 6.11. The zero-order valence-electron chi connectivity index (χ0n) is 17.5.